The van der Waals surface area contributed by atoms with Crippen LogP contribution in [0, 0.1) is 0 Å². The first-order chi connectivity index (χ1) is 11.8. The molecule has 0 radical (unpaired) electrons. The first-order valence-corrected chi connectivity index (χ1v) is 8.13. The lowest BCUT2D eigenvalue weighted by molar-refractivity contribution is -0.159. The summed E-state index contributed by atoms with van der Waals surface area (Å²) in [5.41, 5.74) is 0.608. The molecule has 1 heterocycles. The van der Waals surface area contributed by atoms with Crippen LogP contribution in [-0.4, -0.2) is 79.0 Å². The summed E-state index contributed by atoms with van der Waals surface area (Å²) in [6.45, 7) is 0.730. The van der Waals surface area contributed by atoms with Gasteiger partial charge in [0.1, 0.15) is 6.54 Å². The molecule has 1 aromatic carbocycles. The van der Waals surface area contributed by atoms with Crippen molar-refractivity contribution in [2.45, 2.75) is 12.6 Å². The van der Waals surface area contributed by atoms with Crippen molar-refractivity contribution in [3.8, 4) is 0 Å². The SMILES string of the molecule is CN(CC(F)(F)F)C(=O)CN1CCCN(C(=O)c2ccccc2)CC1. The van der Waals surface area contributed by atoms with E-state index in [9.17, 15) is 22.8 Å². The van der Waals surface area contributed by atoms with Gasteiger partial charge in [0.15, 0.2) is 0 Å². The first kappa shape index (κ1) is 19.2. The van der Waals surface area contributed by atoms with Crippen LogP contribution in [0.1, 0.15) is 16.8 Å². The fraction of sp³-hybridized carbons (Fsp3) is 0.529. The van der Waals surface area contributed by atoms with E-state index in [4.69, 9.17) is 0 Å². The van der Waals surface area contributed by atoms with Crippen LogP contribution in [0.3, 0.4) is 0 Å². The van der Waals surface area contributed by atoms with Crippen molar-refractivity contribution in [1.29, 1.82) is 0 Å². The highest BCUT2D eigenvalue weighted by Crippen LogP contribution is 2.16. The Morgan fingerprint density at radius 3 is 2.40 bits per heavy atom. The van der Waals surface area contributed by atoms with Gasteiger partial charge in [0, 0.05) is 38.8 Å². The second-order valence-electron chi connectivity index (χ2n) is 6.15. The van der Waals surface area contributed by atoms with Gasteiger partial charge >= 0.3 is 6.18 Å². The Kier molecular flexibility index (Phi) is 6.41. The van der Waals surface area contributed by atoms with Gasteiger partial charge in [0.2, 0.25) is 5.91 Å². The van der Waals surface area contributed by atoms with Gasteiger partial charge in [-0.1, -0.05) is 18.2 Å². The molecule has 5 nitrogen and oxygen atoms in total. The molecule has 0 atom stereocenters. The maximum atomic E-state index is 12.5. The molecule has 2 amide bonds. The second kappa shape index (κ2) is 8.33. The summed E-state index contributed by atoms with van der Waals surface area (Å²) in [4.78, 5) is 28.6. The summed E-state index contributed by atoms with van der Waals surface area (Å²) < 4.78 is 37.1. The van der Waals surface area contributed by atoms with E-state index in [1.807, 2.05) is 6.07 Å². The molecule has 0 bridgehead atoms. The lowest BCUT2D eigenvalue weighted by Crippen LogP contribution is -2.43. The van der Waals surface area contributed by atoms with Crippen molar-refractivity contribution in [1.82, 2.24) is 14.7 Å². The van der Waals surface area contributed by atoms with E-state index in [0.717, 1.165) is 7.05 Å². The molecule has 138 valence electrons. The van der Waals surface area contributed by atoms with Crippen LogP contribution in [0.15, 0.2) is 30.3 Å². The zero-order valence-electron chi connectivity index (χ0n) is 14.1. The molecule has 25 heavy (non-hydrogen) atoms. The number of nitrogens with zero attached hydrogens (tertiary/aromatic N) is 3. The van der Waals surface area contributed by atoms with Crippen LogP contribution in [0.2, 0.25) is 0 Å². The summed E-state index contributed by atoms with van der Waals surface area (Å²) >= 11 is 0. The Bertz CT molecular complexity index is 593. The summed E-state index contributed by atoms with van der Waals surface area (Å²) in [6, 6.07) is 8.93. The Morgan fingerprint density at radius 1 is 1.08 bits per heavy atom. The first-order valence-electron chi connectivity index (χ1n) is 8.13. The van der Waals surface area contributed by atoms with Gasteiger partial charge < -0.3 is 9.80 Å². The zero-order chi connectivity index (χ0) is 18.4. The quantitative estimate of drug-likeness (QED) is 0.826. The number of alkyl halides is 3. The monoisotopic (exact) mass is 357 g/mol. The molecule has 0 aliphatic carbocycles. The van der Waals surface area contributed by atoms with Crippen LogP contribution < -0.4 is 0 Å². The van der Waals surface area contributed by atoms with E-state index in [2.05, 4.69) is 0 Å². The lowest BCUT2D eigenvalue weighted by Gasteiger charge is -2.24. The predicted octanol–water partition coefficient (Wildman–Crippen LogP) is 1.86. The third-order valence-electron chi connectivity index (χ3n) is 4.10. The summed E-state index contributed by atoms with van der Waals surface area (Å²) in [7, 11) is 1.15. The molecule has 1 saturated heterocycles. The summed E-state index contributed by atoms with van der Waals surface area (Å²) in [6.07, 6.45) is -3.73. The number of amides is 2. The Labute approximate surface area is 145 Å². The number of likely N-dealkylation sites (N-methyl/N-ethyl adjacent to an activating group) is 1. The number of hydrogen-bond donors (Lipinski definition) is 0. The lowest BCUT2D eigenvalue weighted by atomic mass is 10.2. The van der Waals surface area contributed by atoms with Crippen molar-refractivity contribution in [2.24, 2.45) is 0 Å². The molecule has 0 unspecified atom stereocenters. The molecular formula is C17H22F3N3O2. The average molecular weight is 357 g/mol. The van der Waals surface area contributed by atoms with E-state index < -0.39 is 18.6 Å². The summed E-state index contributed by atoms with van der Waals surface area (Å²) in [5, 5.41) is 0. The topological polar surface area (TPSA) is 43.9 Å². The molecule has 1 aliphatic heterocycles. The van der Waals surface area contributed by atoms with Crippen molar-refractivity contribution in [3.05, 3.63) is 35.9 Å². The van der Waals surface area contributed by atoms with Crippen LogP contribution in [0.5, 0.6) is 0 Å². The van der Waals surface area contributed by atoms with E-state index in [1.54, 1.807) is 34.1 Å². The van der Waals surface area contributed by atoms with Gasteiger partial charge in [0.05, 0.1) is 6.54 Å². The summed E-state index contributed by atoms with van der Waals surface area (Å²) in [5.74, 6) is -0.636. The van der Waals surface area contributed by atoms with Crippen LogP contribution >= 0.6 is 0 Å². The van der Waals surface area contributed by atoms with Gasteiger partial charge in [-0.3, -0.25) is 14.5 Å². The molecule has 0 N–H and O–H groups in total. The van der Waals surface area contributed by atoms with Gasteiger partial charge in [-0.25, -0.2) is 0 Å². The normalized spacial score (nSPS) is 16.4. The van der Waals surface area contributed by atoms with E-state index in [-0.39, 0.29) is 12.5 Å². The van der Waals surface area contributed by atoms with Crippen molar-refractivity contribution in [3.63, 3.8) is 0 Å². The van der Waals surface area contributed by atoms with Crippen molar-refractivity contribution in [2.75, 3.05) is 46.3 Å². The number of carbonyl (C=O) groups is 2. The standard InChI is InChI=1S/C17H22F3N3O2/c1-21(13-17(18,19)20)15(24)12-22-8-5-9-23(11-10-22)16(25)14-6-3-2-4-7-14/h2-4,6-7H,5,8-13H2,1H3. The zero-order valence-corrected chi connectivity index (χ0v) is 14.1. The third kappa shape index (κ3) is 6.04. The van der Waals surface area contributed by atoms with Crippen LogP contribution in [-0.2, 0) is 4.79 Å². The number of benzene rings is 1. The third-order valence-corrected chi connectivity index (χ3v) is 4.10. The highest BCUT2D eigenvalue weighted by atomic mass is 19.4. The Balaban J connectivity index is 1.87. The molecule has 0 aromatic heterocycles. The Morgan fingerprint density at radius 2 is 1.76 bits per heavy atom. The minimum Gasteiger partial charge on any atom is -0.337 e. The molecule has 1 fully saturated rings. The van der Waals surface area contributed by atoms with E-state index in [1.165, 1.54) is 0 Å². The maximum Gasteiger partial charge on any atom is 0.406 e. The van der Waals surface area contributed by atoms with Gasteiger partial charge in [-0.05, 0) is 18.6 Å². The number of hydrogen-bond acceptors (Lipinski definition) is 3. The van der Waals surface area contributed by atoms with Crippen LogP contribution in [0.4, 0.5) is 13.2 Å². The highest BCUT2D eigenvalue weighted by molar-refractivity contribution is 5.94. The van der Waals surface area contributed by atoms with Gasteiger partial charge in [-0.15, -0.1) is 0 Å². The fourth-order valence-electron chi connectivity index (χ4n) is 2.76. The van der Waals surface area contributed by atoms with Crippen molar-refractivity contribution >= 4 is 11.8 Å². The molecule has 2 rings (SSSR count). The number of halogens is 3. The second-order valence-corrected chi connectivity index (χ2v) is 6.15. The molecule has 0 saturated carbocycles. The maximum absolute atomic E-state index is 12.5. The van der Waals surface area contributed by atoms with Gasteiger partial charge in [-0.2, -0.15) is 13.2 Å². The largest absolute Gasteiger partial charge is 0.406 e. The van der Waals surface area contributed by atoms with Crippen molar-refractivity contribution < 1.29 is 22.8 Å². The van der Waals surface area contributed by atoms with E-state index >= 15 is 0 Å². The van der Waals surface area contributed by atoms with E-state index in [0.29, 0.717) is 43.1 Å². The fourth-order valence-corrected chi connectivity index (χ4v) is 2.76. The Hall–Kier alpha value is -2.09. The van der Waals surface area contributed by atoms with Crippen LogP contribution in [0.25, 0.3) is 0 Å². The number of rotatable bonds is 4. The minimum absolute atomic E-state index is 0.0667. The average Bonchev–Trinajstić information content (AvgIpc) is 2.79. The molecule has 1 aromatic rings. The number of carbonyl (C=O) groups excluding carboxylic acids is 2. The van der Waals surface area contributed by atoms with Gasteiger partial charge in [0.25, 0.3) is 5.91 Å². The minimum atomic E-state index is -4.40. The molecular weight excluding hydrogens is 335 g/mol. The highest BCUT2D eigenvalue weighted by Gasteiger charge is 2.31. The molecule has 0 spiro atoms. The smallest absolute Gasteiger partial charge is 0.337 e. The predicted molar refractivity (Wildman–Crippen MR) is 87.1 cm³/mol. The molecule has 1 aliphatic rings. The molecule has 8 heteroatoms.